The van der Waals surface area contributed by atoms with Crippen LogP contribution in [0.2, 0.25) is 0 Å². The second-order valence-electron chi connectivity index (χ2n) is 4.70. The van der Waals surface area contributed by atoms with Gasteiger partial charge in [-0.25, -0.2) is 0 Å². The Balaban J connectivity index is 1.61. The van der Waals surface area contributed by atoms with E-state index in [-0.39, 0.29) is 0 Å². The molecule has 2 aromatic rings. The van der Waals surface area contributed by atoms with Crippen LogP contribution in [0, 0.1) is 5.92 Å². The Morgan fingerprint density at radius 2 is 2.21 bits per heavy atom. The van der Waals surface area contributed by atoms with E-state index in [1.807, 2.05) is 42.1 Å². The van der Waals surface area contributed by atoms with Crippen molar-refractivity contribution in [3.05, 3.63) is 36.2 Å². The van der Waals surface area contributed by atoms with E-state index in [2.05, 4.69) is 20.8 Å². The predicted octanol–water partition coefficient (Wildman–Crippen LogP) is 1.50. The highest BCUT2D eigenvalue weighted by Gasteiger charge is 2.15. The fourth-order valence-corrected chi connectivity index (χ4v) is 3.50. The van der Waals surface area contributed by atoms with Crippen molar-refractivity contribution < 1.29 is 0 Å². The van der Waals surface area contributed by atoms with Crippen LogP contribution < -0.4 is 5.32 Å². The average molecular weight is 275 g/mol. The first kappa shape index (κ1) is 12.6. The van der Waals surface area contributed by atoms with Crippen LogP contribution >= 0.6 is 11.8 Å². The number of para-hydroxylation sites is 1. The first-order valence-electron chi connectivity index (χ1n) is 6.54. The Labute approximate surface area is 116 Å². The summed E-state index contributed by atoms with van der Waals surface area (Å²) in [5, 5.41) is 15.4. The molecule has 1 aromatic carbocycles. The van der Waals surface area contributed by atoms with E-state index in [1.165, 1.54) is 17.9 Å². The number of aromatic nitrogens is 4. The van der Waals surface area contributed by atoms with Crippen LogP contribution in [0.25, 0.3) is 5.69 Å². The zero-order valence-electron chi connectivity index (χ0n) is 10.7. The van der Waals surface area contributed by atoms with E-state index in [0.29, 0.717) is 6.54 Å². The fraction of sp³-hybridized carbons (Fsp3) is 0.462. The molecule has 1 aliphatic heterocycles. The number of nitrogens with zero attached hydrogens (tertiary/aromatic N) is 4. The molecule has 0 spiro atoms. The van der Waals surface area contributed by atoms with E-state index < -0.39 is 0 Å². The van der Waals surface area contributed by atoms with Crippen LogP contribution in [0.4, 0.5) is 0 Å². The molecule has 3 rings (SSSR count). The second-order valence-corrected chi connectivity index (χ2v) is 5.85. The van der Waals surface area contributed by atoms with Crippen LogP contribution in [-0.2, 0) is 6.54 Å². The highest BCUT2D eigenvalue weighted by atomic mass is 32.2. The van der Waals surface area contributed by atoms with Gasteiger partial charge in [-0.1, -0.05) is 18.2 Å². The van der Waals surface area contributed by atoms with E-state index >= 15 is 0 Å². The van der Waals surface area contributed by atoms with Gasteiger partial charge >= 0.3 is 0 Å². The minimum absolute atomic E-state index is 0.711. The van der Waals surface area contributed by atoms with E-state index in [1.54, 1.807) is 4.68 Å². The third kappa shape index (κ3) is 3.13. The number of nitrogens with one attached hydrogen (secondary N) is 1. The Kier molecular flexibility index (Phi) is 4.10. The maximum Gasteiger partial charge on any atom is 0.170 e. The summed E-state index contributed by atoms with van der Waals surface area (Å²) in [6.07, 6.45) is 1.32. The van der Waals surface area contributed by atoms with E-state index in [9.17, 15) is 0 Å². The molecule has 2 heterocycles. The van der Waals surface area contributed by atoms with Crippen molar-refractivity contribution in [2.24, 2.45) is 5.92 Å². The van der Waals surface area contributed by atoms with Gasteiger partial charge in [-0.2, -0.15) is 16.4 Å². The van der Waals surface area contributed by atoms with E-state index in [0.717, 1.165) is 24.0 Å². The molecule has 1 aromatic heterocycles. The number of rotatable bonds is 5. The molecule has 6 heteroatoms. The van der Waals surface area contributed by atoms with Gasteiger partial charge in [-0.05, 0) is 52.9 Å². The highest BCUT2D eigenvalue weighted by Crippen LogP contribution is 2.22. The van der Waals surface area contributed by atoms with Gasteiger partial charge in [0.05, 0.1) is 12.2 Å². The Morgan fingerprint density at radius 1 is 1.32 bits per heavy atom. The Morgan fingerprint density at radius 3 is 3.00 bits per heavy atom. The van der Waals surface area contributed by atoms with Gasteiger partial charge in [-0.15, -0.1) is 5.10 Å². The number of hydrogen-bond donors (Lipinski definition) is 1. The van der Waals surface area contributed by atoms with Gasteiger partial charge in [0, 0.05) is 0 Å². The maximum atomic E-state index is 4.09. The fourth-order valence-electron chi connectivity index (χ4n) is 2.22. The van der Waals surface area contributed by atoms with Crippen molar-refractivity contribution >= 4 is 11.8 Å². The first-order valence-corrected chi connectivity index (χ1v) is 7.70. The zero-order chi connectivity index (χ0) is 12.9. The standard InChI is InChI=1S/C13H17N5S/c1-2-4-12(5-3-1)18-13(15-16-17-18)9-14-8-11-6-7-19-10-11/h1-5,11,14H,6-10H2. The molecule has 1 aliphatic rings. The van der Waals surface area contributed by atoms with Crippen molar-refractivity contribution in [2.45, 2.75) is 13.0 Å². The number of tetrazole rings is 1. The summed E-state index contributed by atoms with van der Waals surface area (Å²) in [7, 11) is 0. The molecule has 1 saturated heterocycles. The molecule has 0 aliphatic carbocycles. The summed E-state index contributed by atoms with van der Waals surface area (Å²) in [6.45, 7) is 1.76. The molecule has 1 atom stereocenters. The van der Waals surface area contributed by atoms with Gasteiger partial charge < -0.3 is 5.32 Å². The summed E-state index contributed by atoms with van der Waals surface area (Å²) in [5.74, 6) is 4.23. The third-order valence-electron chi connectivity index (χ3n) is 3.27. The lowest BCUT2D eigenvalue weighted by Crippen LogP contribution is -2.24. The van der Waals surface area contributed by atoms with Crippen molar-refractivity contribution in [3.63, 3.8) is 0 Å². The average Bonchev–Trinajstić information content (AvgIpc) is 3.11. The molecule has 0 bridgehead atoms. The van der Waals surface area contributed by atoms with Crippen LogP contribution in [-0.4, -0.2) is 38.3 Å². The van der Waals surface area contributed by atoms with Gasteiger partial charge in [0.15, 0.2) is 5.82 Å². The zero-order valence-corrected chi connectivity index (χ0v) is 11.5. The SMILES string of the molecule is c1ccc(-n2nnnc2CNCC2CCSC2)cc1. The van der Waals surface area contributed by atoms with Crippen LogP contribution in [0.3, 0.4) is 0 Å². The number of thioether (sulfide) groups is 1. The molecule has 0 saturated carbocycles. The maximum absolute atomic E-state index is 4.09. The summed E-state index contributed by atoms with van der Waals surface area (Å²) < 4.78 is 1.79. The topological polar surface area (TPSA) is 55.6 Å². The molecule has 100 valence electrons. The smallest absolute Gasteiger partial charge is 0.170 e. The molecule has 1 unspecified atom stereocenters. The van der Waals surface area contributed by atoms with Crippen molar-refractivity contribution in [3.8, 4) is 5.69 Å². The van der Waals surface area contributed by atoms with Gasteiger partial charge in [0.25, 0.3) is 0 Å². The molecule has 1 fully saturated rings. The minimum Gasteiger partial charge on any atom is -0.309 e. The Hall–Kier alpha value is -1.40. The lowest BCUT2D eigenvalue weighted by atomic mass is 10.1. The second kappa shape index (κ2) is 6.16. The molecule has 1 N–H and O–H groups in total. The van der Waals surface area contributed by atoms with Crippen molar-refractivity contribution in [1.82, 2.24) is 25.5 Å². The summed E-state index contributed by atoms with van der Waals surface area (Å²) in [4.78, 5) is 0. The lowest BCUT2D eigenvalue weighted by Gasteiger charge is -2.09. The van der Waals surface area contributed by atoms with Crippen LogP contribution in [0.1, 0.15) is 12.2 Å². The Bertz CT molecular complexity index is 507. The van der Waals surface area contributed by atoms with Gasteiger partial charge in [-0.3, -0.25) is 0 Å². The third-order valence-corrected chi connectivity index (χ3v) is 4.51. The molecule has 5 nitrogen and oxygen atoms in total. The molecule has 19 heavy (non-hydrogen) atoms. The lowest BCUT2D eigenvalue weighted by molar-refractivity contribution is 0.512. The molecular weight excluding hydrogens is 258 g/mol. The van der Waals surface area contributed by atoms with E-state index in [4.69, 9.17) is 0 Å². The first-order chi connectivity index (χ1) is 9.43. The normalized spacial score (nSPS) is 18.8. The van der Waals surface area contributed by atoms with Gasteiger partial charge in [0.1, 0.15) is 0 Å². The van der Waals surface area contributed by atoms with Crippen molar-refractivity contribution in [1.29, 1.82) is 0 Å². The van der Waals surface area contributed by atoms with Crippen molar-refractivity contribution in [2.75, 3.05) is 18.1 Å². The van der Waals surface area contributed by atoms with Gasteiger partial charge in [0.2, 0.25) is 0 Å². The van der Waals surface area contributed by atoms with Crippen LogP contribution in [0.5, 0.6) is 0 Å². The predicted molar refractivity (Wildman–Crippen MR) is 76.3 cm³/mol. The highest BCUT2D eigenvalue weighted by molar-refractivity contribution is 7.99. The quantitative estimate of drug-likeness (QED) is 0.896. The summed E-state index contributed by atoms with van der Waals surface area (Å²) in [6, 6.07) is 9.98. The number of benzene rings is 1. The number of hydrogen-bond acceptors (Lipinski definition) is 5. The summed E-state index contributed by atoms with van der Waals surface area (Å²) >= 11 is 2.04. The van der Waals surface area contributed by atoms with Crippen LogP contribution in [0.15, 0.2) is 30.3 Å². The summed E-state index contributed by atoms with van der Waals surface area (Å²) in [5.41, 5.74) is 1.00. The molecular formula is C13H17N5S. The molecule has 0 amide bonds. The monoisotopic (exact) mass is 275 g/mol. The molecule has 0 radical (unpaired) electrons. The largest absolute Gasteiger partial charge is 0.309 e. The minimum atomic E-state index is 0.711.